The van der Waals surface area contributed by atoms with Gasteiger partial charge < -0.3 is 62.2 Å². The zero-order valence-electron chi connectivity index (χ0n) is 33.8. The number of hydrogen-bond donors (Lipinski definition) is 1. The molecule has 0 saturated carbocycles. The van der Waals surface area contributed by atoms with E-state index in [9.17, 15) is 4.79 Å². The summed E-state index contributed by atoms with van der Waals surface area (Å²) in [6.07, 6.45) is 0.265. The quantitative estimate of drug-likeness (QED) is 0.0434. The minimum Gasteiger partial charge on any atom is -0.379 e. The van der Waals surface area contributed by atoms with Gasteiger partial charge in [-0.3, -0.25) is 4.79 Å². The molecule has 1 heterocycles. The number of azide groups is 1. The molecular formula is C37H62N8O13. The summed E-state index contributed by atoms with van der Waals surface area (Å²) in [7, 11) is 0. The lowest BCUT2D eigenvalue weighted by Crippen LogP contribution is -2.24. The molecule has 0 aliphatic heterocycles. The maximum atomic E-state index is 12.1. The van der Waals surface area contributed by atoms with E-state index in [2.05, 4.69) is 35.7 Å². The average molecular weight is 827 g/mol. The van der Waals surface area contributed by atoms with E-state index in [1.807, 2.05) is 24.3 Å². The molecular weight excluding hydrogens is 764 g/mol. The Morgan fingerprint density at radius 3 is 1.19 bits per heavy atom. The standard InChI is InChI=1S/C37H62N8O13/c1-33-41-43-37(44-42-33)35-4-2-34(3-5-35)32-39-36(46)6-8-47-10-12-49-14-16-51-18-20-53-22-24-55-26-28-57-30-31-58-29-27-56-25-23-54-21-19-52-17-15-50-13-11-48-9-7-40-45-38/h2-5H,6-32H2,1H3,(H,39,46). The van der Waals surface area contributed by atoms with E-state index in [-0.39, 0.29) is 12.3 Å². The number of rotatable bonds is 42. The number of hydrogen-bond acceptors (Lipinski definition) is 18. The number of carbonyl (C=O) groups is 1. The van der Waals surface area contributed by atoms with Crippen molar-refractivity contribution in [1.82, 2.24) is 25.7 Å². The number of ether oxygens (including phenoxy) is 12. The highest BCUT2D eigenvalue weighted by atomic mass is 16.6. The van der Waals surface area contributed by atoms with Crippen molar-refractivity contribution in [3.05, 3.63) is 46.1 Å². The van der Waals surface area contributed by atoms with Crippen molar-refractivity contribution < 1.29 is 61.6 Å². The Kier molecular flexibility index (Phi) is 34.0. The van der Waals surface area contributed by atoms with Gasteiger partial charge >= 0.3 is 0 Å². The van der Waals surface area contributed by atoms with Crippen LogP contribution in [0.15, 0.2) is 29.4 Å². The molecule has 0 fully saturated rings. The molecule has 328 valence electrons. The molecule has 0 spiro atoms. The number of nitrogens with zero attached hydrogens (tertiary/aromatic N) is 7. The zero-order chi connectivity index (χ0) is 41.2. The van der Waals surface area contributed by atoms with Gasteiger partial charge in [0.05, 0.1) is 159 Å². The van der Waals surface area contributed by atoms with Gasteiger partial charge in [0, 0.05) is 30.0 Å². The van der Waals surface area contributed by atoms with Gasteiger partial charge in [-0.15, -0.1) is 20.4 Å². The van der Waals surface area contributed by atoms with Gasteiger partial charge in [-0.05, 0) is 18.0 Å². The highest BCUT2D eigenvalue weighted by molar-refractivity contribution is 5.76. The van der Waals surface area contributed by atoms with Crippen LogP contribution < -0.4 is 5.32 Å². The number of benzene rings is 1. The maximum Gasteiger partial charge on any atom is 0.222 e. The summed E-state index contributed by atoms with van der Waals surface area (Å²) in [5.74, 6) is 0.878. The lowest BCUT2D eigenvalue weighted by Gasteiger charge is -2.09. The van der Waals surface area contributed by atoms with Crippen LogP contribution in [-0.4, -0.2) is 191 Å². The molecule has 21 heteroatoms. The van der Waals surface area contributed by atoms with Crippen molar-refractivity contribution in [2.75, 3.05) is 165 Å². The molecule has 0 aliphatic rings. The summed E-state index contributed by atoms with van der Waals surface area (Å²) in [4.78, 5) is 14.8. The van der Waals surface area contributed by atoms with Crippen molar-refractivity contribution in [2.45, 2.75) is 19.9 Å². The van der Waals surface area contributed by atoms with Crippen molar-refractivity contribution in [1.29, 1.82) is 0 Å². The minimum atomic E-state index is -0.0905. The molecule has 2 aromatic rings. The molecule has 1 N–H and O–H groups in total. The number of aromatic nitrogens is 4. The van der Waals surface area contributed by atoms with Crippen molar-refractivity contribution in [3.8, 4) is 11.4 Å². The van der Waals surface area contributed by atoms with Gasteiger partial charge in [-0.25, -0.2) is 0 Å². The van der Waals surface area contributed by atoms with Crippen LogP contribution >= 0.6 is 0 Å². The summed E-state index contributed by atoms with van der Waals surface area (Å²) in [5, 5.41) is 22.1. The van der Waals surface area contributed by atoms with Gasteiger partial charge in [-0.1, -0.05) is 29.4 Å². The zero-order valence-corrected chi connectivity index (χ0v) is 33.8. The Labute approximate surface area is 340 Å². The molecule has 0 aliphatic carbocycles. The third kappa shape index (κ3) is 31.5. The Morgan fingerprint density at radius 1 is 0.517 bits per heavy atom. The van der Waals surface area contributed by atoms with Gasteiger partial charge in [0.1, 0.15) is 0 Å². The number of aryl methyl sites for hydroxylation is 1. The number of nitrogens with one attached hydrogen (secondary N) is 1. The molecule has 1 aromatic heterocycles. The Hall–Kier alpha value is -3.54. The van der Waals surface area contributed by atoms with Crippen LogP contribution in [-0.2, 0) is 68.2 Å². The van der Waals surface area contributed by atoms with E-state index >= 15 is 0 Å². The minimum absolute atomic E-state index is 0.0905. The second-order valence-electron chi connectivity index (χ2n) is 11.8. The van der Waals surface area contributed by atoms with Crippen LogP contribution in [0.5, 0.6) is 0 Å². The van der Waals surface area contributed by atoms with Crippen LogP contribution in [0.25, 0.3) is 21.8 Å². The summed E-state index contributed by atoms with van der Waals surface area (Å²) in [6, 6.07) is 7.55. The van der Waals surface area contributed by atoms with Crippen molar-refractivity contribution in [2.24, 2.45) is 5.11 Å². The van der Waals surface area contributed by atoms with Crippen LogP contribution in [0.4, 0.5) is 0 Å². The Morgan fingerprint density at radius 2 is 0.845 bits per heavy atom. The third-order valence-corrected chi connectivity index (χ3v) is 7.25. The predicted octanol–water partition coefficient (Wildman–Crippen LogP) is 1.76. The first-order valence-electron chi connectivity index (χ1n) is 19.5. The summed E-state index contributed by atoms with van der Waals surface area (Å²) in [6.45, 7) is 13.5. The molecule has 0 bridgehead atoms. The summed E-state index contributed by atoms with van der Waals surface area (Å²) >= 11 is 0. The van der Waals surface area contributed by atoms with E-state index in [0.717, 1.165) is 11.1 Å². The average Bonchev–Trinajstić information content (AvgIpc) is 3.24. The molecule has 1 aromatic carbocycles. The predicted molar refractivity (Wildman–Crippen MR) is 208 cm³/mol. The van der Waals surface area contributed by atoms with Crippen LogP contribution in [0, 0.1) is 6.92 Å². The second kappa shape index (κ2) is 38.9. The fourth-order valence-electron chi connectivity index (χ4n) is 4.29. The molecule has 0 radical (unpaired) electrons. The Balaban J connectivity index is 1.18. The van der Waals surface area contributed by atoms with Gasteiger partial charge in [0.25, 0.3) is 0 Å². The summed E-state index contributed by atoms with van der Waals surface area (Å²) in [5.41, 5.74) is 9.92. The largest absolute Gasteiger partial charge is 0.379 e. The van der Waals surface area contributed by atoms with Crippen LogP contribution in [0.3, 0.4) is 0 Å². The molecule has 2 rings (SSSR count). The molecule has 58 heavy (non-hydrogen) atoms. The first kappa shape index (κ1) is 50.6. The van der Waals surface area contributed by atoms with Crippen molar-refractivity contribution in [3.63, 3.8) is 0 Å². The number of carbonyl (C=O) groups excluding carboxylic acids is 1. The lowest BCUT2D eigenvalue weighted by atomic mass is 10.1. The van der Waals surface area contributed by atoms with E-state index < -0.39 is 0 Å². The highest BCUT2D eigenvalue weighted by Crippen LogP contribution is 2.14. The normalized spacial score (nSPS) is 11.2. The van der Waals surface area contributed by atoms with Gasteiger partial charge in [0.15, 0.2) is 5.82 Å². The van der Waals surface area contributed by atoms with Crippen molar-refractivity contribution >= 4 is 5.91 Å². The first-order chi connectivity index (χ1) is 28.7. The first-order valence-corrected chi connectivity index (χ1v) is 19.5. The smallest absolute Gasteiger partial charge is 0.222 e. The molecule has 21 nitrogen and oxygen atoms in total. The van der Waals surface area contributed by atoms with E-state index in [4.69, 9.17) is 62.4 Å². The van der Waals surface area contributed by atoms with Crippen LogP contribution in [0.2, 0.25) is 0 Å². The van der Waals surface area contributed by atoms with Gasteiger partial charge in [-0.2, -0.15) is 0 Å². The second-order valence-corrected chi connectivity index (χ2v) is 11.8. The molecule has 1 amide bonds. The van der Waals surface area contributed by atoms with E-state index in [0.29, 0.717) is 183 Å². The van der Waals surface area contributed by atoms with Gasteiger partial charge in [0.2, 0.25) is 11.7 Å². The fourth-order valence-corrected chi connectivity index (χ4v) is 4.29. The number of amides is 1. The summed E-state index contributed by atoms with van der Waals surface area (Å²) < 4.78 is 65.4. The van der Waals surface area contributed by atoms with Crippen LogP contribution in [0.1, 0.15) is 17.8 Å². The molecule has 0 unspecified atom stereocenters. The highest BCUT2D eigenvalue weighted by Gasteiger charge is 2.05. The third-order valence-electron chi connectivity index (χ3n) is 7.25. The topological polar surface area (TPSA) is 240 Å². The lowest BCUT2D eigenvalue weighted by molar-refractivity contribution is -0.122. The molecule has 0 saturated heterocycles. The van der Waals surface area contributed by atoms with E-state index in [1.54, 1.807) is 6.92 Å². The Bertz CT molecular complexity index is 1280. The fraction of sp³-hybridized carbons (Fsp3) is 0.757. The molecule has 0 atom stereocenters. The monoisotopic (exact) mass is 826 g/mol. The maximum absolute atomic E-state index is 12.1. The van der Waals surface area contributed by atoms with E-state index in [1.165, 1.54) is 0 Å². The SMILES string of the molecule is Cc1nnc(-c2ccc(CNC(=O)CCOCCOCCOCCOCCOCCOCCOCCOCCOCCOCCOCCOCCN=[N+]=[N-])cc2)nn1.